The maximum absolute atomic E-state index is 13.3. The lowest BCUT2D eigenvalue weighted by Crippen LogP contribution is -2.38. The predicted molar refractivity (Wildman–Crippen MR) is 120 cm³/mol. The first-order chi connectivity index (χ1) is 14.8. The number of hydrogen-bond acceptors (Lipinski definition) is 7. The summed E-state index contributed by atoms with van der Waals surface area (Å²) in [5.41, 5.74) is 2.49. The molecule has 1 atom stereocenters. The number of rotatable bonds is 6. The molecule has 4 heterocycles. The van der Waals surface area contributed by atoms with E-state index in [0.29, 0.717) is 6.54 Å². The summed E-state index contributed by atoms with van der Waals surface area (Å²) in [7, 11) is 0. The fraction of sp³-hybridized carbons (Fsp3) is 0.273. The van der Waals surface area contributed by atoms with E-state index in [1.54, 1.807) is 22.4 Å². The van der Waals surface area contributed by atoms with Crippen molar-refractivity contribution in [3.63, 3.8) is 0 Å². The smallest absolute Gasteiger partial charge is 0.234 e. The van der Waals surface area contributed by atoms with Gasteiger partial charge in [0.2, 0.25) is 5.91 Å². The van der Waals surface area contributed by atoms with Gasteiger partial charge in [-0.3, -0.25) is 14.7 Å². The SMILES string of the molecule is O=C(Cc1csc(-c2ccccn2)n1)N(C[C@@H]1CCCO1)c1nc2ccccc2s1. The predicted octanol–water partition coefficient (Wildman–Crippen LogP) is 4.57. The molecule has 1 fully saturated rings. The van der Waals surface area contributed by atoms with E-state index in [9.17, 15) is 4.79 Å². The van der Waals surface area contributed by atoms with Crippen LogP contribution in [0, 0.1) is 0 Å². The number of fused-ring (bicyclic) bond motifs is 1. The van der Waals surface area contributed by atoms with Crippen molar-refractivity contribution in [2.75, 3.05) is 18.1 Å². The quantitative estimate of drug-likeness (QED) is 0.443. The van der Waals surface area contributed by atoms with Gasteiger partial charge in [0.1, 0.15) is 5.01 Å². The van der Waals surface area contributed by atoms with Crippen molar-refractivity contribution >= 4 is 43.9 Å². The van der Waals surface area contributed by atoms with Crippen LogP contribution in [-0.4, -0.2) is 40.1 Å². The van der Waals surface area contributed by atoms with Crippen molar-refractivity contribution < 1.29 is 9.53 Å². The average Bonchev–Trinajstić information content (AvgIpc) is 3.53. The molecular weight excluding hydrogens is 416 g/mol. The molecule has 3 aromatic heterocycles. The number of aromatic nitrogens is 3. The Morgan fingerprint density at radius 1 is 1.17 bits per heavy atom. The zero-order chi connectivity index (χ0) is 20.3. The molecule has 8 heteroatoms. The molecule has 0 unspecified atom stereocenters. The molecule has 0 aliphatic carbocycles. The van der Waals surface area contributed by atoms with E-state index in [1.807, 2.05) is 47.8 Å². The Morgan fingerprint density at radius 2 is 2.07 bits per heavy atom. The van der Waals surface area contributed by atoms with Crippen LogP contribution in [0.5, 0.6) is 0 Å². The Labute approximate surface area is 182 Å². The molecule has 30 heavy (non-hydrogen) atoms. The number of para-hydroxylation sites is 1. The average molecular weight is 437 g/mol. The van der Waals surface area contributed by atoms with Crippen molar-refractivity contribution in [3.05, 3.63) is 59.7 Å². The zero-order valence-electron chi connectivity index (χ0n) is 16.2. The Balaban J connectivity index is 1.39. The summed E-state index contributed by atoms with van der Waals surface area (Å²) >= 11 is 3.05. The topological polar surface area (TPSA) is 68.2 Å². The van der Waals surface area contributed by atoms with Crippen molar-refractivity contribution in [1.29, 1.82) is 0 Å². The number of benzene rings is 1. The van der Waals surface area contributed by atoms with Gasteiger partial charge < -0.3 is 4.74 Å². The first-order valence-corrected chi connectivity index (χ1v) is 11.6. The van der Waals surface area contributed by atoms with Crippen molar-refractivity contribution in [2.24, 2.45) is 0 Å². The van der Waals surface area contributed by atoms with Crippen molar-refractivity contribution in [1.82, 2.24) is 15.0 Å². The molecule has 1 amide bonds. The molecule has 0 spiro atoms. The molecule has 1 saturated heterocycles. The lowest BCUT2D eigenvalue weighted by molar-refractivity contribution is -0.118. The highest BCUT2D eigenvalue weighted by Gasteiger charge is 2.26. The van der Waals surface area contributed by atoms with Gasteiger partial charge in [0.05, 0.1) is 40.7 Å². The number of anilines is 1. The second-order valence-electron chi connectivity index (χ2n) is 7.14. The van der Waals surface area contributed by atoms with Crippen LogP contribution in [0.25, 0.3) is 20.9 Å². The molecule has 0 saturated carbocycles. The molecule has 5 rings (SSSR count). The summed E-state index contributed by atoms with van der Waals surface area (Å²) in [5, 5.41) is 3.48. The van der Waals surface area contributed by atoms with E-state index >= 15 is 0 Å². The monoisotopic (exact) mass is 436 g/mol. The van der Waals surface area contributed by atoms with E-state index in [0.717, 1.165) is 51.2 Å². The number of pyridine rings is 1. The van der Waals surface area contributed by atoms with Gasteiger partial charge in [-0.25, -0.2) is 9.97 Å². The summed E-state index contributed by atoms with van der Waals surface area (Å²) in [6.45, 7) is 1.28. The Kier molecular flexibility index (Phi) is 5.52. The fourth-order valence-electron chi connectivity index (χ4n) is 3.50. The first kappa shape index (κ1) is 19.3. The minimum absolute atomic E-state index is 0.0116. The van der Waals surface area contributed by atoms with Gasteiger partial charge >= 0.3 is 0 Å². The van der Waals surface area contributed by atoms with Crippen LogP contribution in [0.4, 0.5) is 5.13 Å². The summed E-state index contributed by atoms with van der Waals surface area (Å²) in [6, 6.07) is 13.7. The third kappa shape index (κ3) is 4.12. The van der Waals surface area contributed by atoms with Crippen LogP contribution in [0.1, 0.15) is 18.5 Å². The maximum atomic E-state index is 13.3. The van der Waals surface area contributed by atoms with Gasteiger partial charge in [0, 0.05) is 18.2 Å². The maximum Gasteiger partial charge on any atom is 0.234 e. The molecule has 1 aliphatic heterocycles. The van der Waals surface area contributed by atoms with Crippen LogP contribution in [0.3, 0.4) is 0 Å². The van der Waals surface area contributed by atoms with E-state index in [4.69, 9.17) is 9.72 Å². The Hall–Kier alpha value is -2.68. The molecular formula is C22H20N4O2S2. The Bertz CT molecular complexity index is 1120. The number of nitrogens with zero attached hydrogens (tertiary/aromatic N) is 4. The minimum atomic E-state index is -0.0116. The van der Waals surface area contributed by atoms with Crippen LogP contribution in [0.2, 0.25) is 0 Å². The molecule has 0 radical (unpaired) electrons. The molecule has 6 nitrogen and oxygen atoms in total. The number of hydrogen-bond donors (Lipinski definition) is 0. The Morgan fingerprint density at radius 3 is 2.87 bits per heavy atom. The largest absolute Gasteiger partial charge is 0.376 e. The lowest BCUT2D eigenvalue weighted by Gasteiger charge is -2.22. The standard InChI is InChI=1S/C22H20N4O2S2/c27-20(12-15-14-29-21(24-15)18-8-3-4-10-23-18)26(13-16-6-5-11-28-16)22-25-17-7-1-2-9-19(17)30-22/h1-4,7-10,14,16H,5-6,11-13H2/t16-/m0/s1. The molecule has 1 aliphatic rings. The van der Waals surface area contributed by atoms with Gasteiger partial charge in [0.25, 0.3) is 0 Å². The summed E-state index contributed by atoms with van der Waals surface area (Å²) in [6.07, 6.45) is 4.03. The van der Waals surface area contributed by atoms with Gasteiger partial charge in [-0.05, 0) is 37.1 Å². The lowest BCUT2D eigenvalue weighted by atomic mass is 10.2. The number of amides is 1. The van der Waals surface area contributed by atoms with Crippen molar-refractivity contribution in [2.45, 2.75) is 25.4 Å². The van der Waals surface area contributed by atoms with Gasteiger partial charge in [-0.1, -0.05) is 29.5 Å². The van der Waals surface area contributed by atoms with Crippen LogP contribution < -0.4 is 4.90 Å². The highest BCUT2D eigenvalue weighted by Crippen LogP contribution is 2.30. The number of carbonyl (C=O) groups excluding carboxylic acids is 1. The van der Waals surface area contributed by atoms with Crippen molar-refractivity contribution in [3.8, 4) is 10.7 Å². The normalized spacial score (nSPS) is 16.2. The molecule has 1 aromatic carbocycles. The zero-order valence-corrected chi connectivity index (χ0v) is 17.9. The second-order valence-corrected chi connectivity index (χ2v) is 9.01. The first-order valence-electron chi connectivity index (χ1n) is 9.89. The second kappa shape index (κ2) is 8.59. The van der Waals surface area contributed by atoms with Gasteiger partial charge in [-0.15, -0.1) is 11.3 Å². The van der Waals surface area contributed by atoms with Crippen LogP contribution in [0.15, 0.2) is 54.0 Å². The van der Waals surface area contributed by atoms with Gasteiger partial charge in [-0.2, -0.15) is 0 Å². The van der Waals surface area contributed by atoms with Crippen LogP contribution >= 0.6 is 22.7 Å². The van der Waals surface area contributed by atoms with Gasteiger partial charge in [0.15, 0.2) is 5.13 Å². The fourth-order valence-corrected chi connectivity index (χ4v) is 5.29. The summed E-state index contributed by atoms with van der Waals surface area (Å²) in [4.78, 5) is 28.8. The number of carbonyl (C=O) groups is 1. The molecule has 4 aromatic rings. The van der Waals surface area contributed by atoms with E-state index < -0.39 is 0 Å². The van der Waals surface area contributed by atoms with E-state index in [-0.39, 0.29) is 18.4 Å². The molecule has 152 valence electrons. The highest BCUT2D eigenvalue weighted by molar-refractivity contribution is 7.22. The minimum Gasteiger partial charge on any atom is -0.376 e. The number of thiazole rings is 2. The summed E-state index contributed by atoms with van der Waals surface area (Å²) in [5.74, 6) is -0.0116. The van der Waals surface area contributed by atoms with E-state index in [2.05, 4.69) is 9.97 Å². The van der Waals surface area contributed by atoms with E-state index in [1.165, 1.54) is 11.3 Å². The molecule has 0 N–H and O–H groups in total. The molecule has 0 bridgehead atoms. The third-order valence-corrected chi connectivity index (χ3v) is 6.97. The third-order valence-electron chi connectivity index (χ3n) is 4.99. The highest BCUT2D eigenvalue weighted by atomic mass is 32.1. The van der Waals surface area contributed by atoms with Crippen LogP contribution in [-0.2, 0) is 16.0 Å². The number of ether oxygens (including phenoxy) is 1. The summed E-state index contributed by atoms with van der Waals surface area (Å²) < 4.78 is 6.88.